The Bertz CT molecular complexity index is 727. The van der Waals surface area contributed by atoms with Gasteiger partial charge < -0.3 is 0 Å². The smallest absolute Gasteiger partial charge is 0.288 e. The highest BCUT2D eigenvalue weighted by atomic mass is 16.2. The van der Waals surface area contributed by atoms with E-state index in [-0.39, 0.29) is 12.0 Å². The molecule has 0 aliphatic rings. The number of urea groups is 1. The summed E-state index contributed by atoms with van der Waals surface area (Å²) < 4.78 is 0. The Morgan fingerprint density at radius 1 is 0.739 bits per heavy atom. The molecule has 0 radical (unpaired) electrons. The fourth-order valence-electron chi connectivity index (χ4n) is 1.83. The molecular weight excluding hydrogens is 296 g/mol. The Balaban J connectivity index is 1.86. The molecular formula is C17H14N2O4. The summed E-state index contributed by atoms with van der Waals surface area (Å²) in [5.41, 5.74) is 0.930. The second-order valence-electron chi connectivity index (χ2n) is 4.69. The van der Waals surface area contributed by atoms with Gasteiger partial charge in [0.1, 0.15) is 0 Å². The van der Waals surface area contributed by atoms with Crippen molar-refractivity contribution in [2.24, 2.45) is 0 Å². The van der Waals surface area contributed by atoms with E-state index in [0.717, 1.165) is 0 Å². The number of ketones is 1. The summed E-state index contributed by atoms with van der Waals surface area (Å²) in [6.45, 7) is 0. The van der Waals surface area contributed by atoms with Crippen LogP contribution in [0.1, 0.15) is 15.9 Å². The monoisotopic (exact) mass is 310 g/mol. The lowest BCUT2D eigenvalue weighted by molar-refractivity contribution is -0.136. The van der Waals surface area contributed by atoms with Crippen molar-refractivity contribution in [3.63, 3.8) is 0 Å². The Morgan fingerprint density at radius 3 is 1.91 bits per heavy atom. The number of carbonyl (C=O) groups excluding carboxylic acids is 4. The summed E-state index contributed by atoms with van der Waals surface area (Å²) in [5.74, 6) is -2.49. The van der Waals surface area contributed by atoms with Crippen molar-refractivity contribution in [1.82, 2.24) is 10.6 Å². The number of hydrogen-bond donors (Lipinski definition) is 2. The van der Waals surface area contributed by atoms with E-state index in [1.807, 2.05) is 10.6 Å². The zero-order valence-corrected chi connectivity index (χ0v) is 12.1. The van der Waals surface area contributed by atoms with Gasteiger partial charge in [0.15, 0.2) is 0 Å². The molecule has 0 saturated carbocycles. The Morgan fingerprint density at radius 2 is 1.30 bits per heavy atom. The molecule has 0 saturated heterocycles. The van der Waals surface area contributed by atoms with Crippen LogP contribution < -0.4 is 10.6 Å². The molecule has 0 aliphatic carbocycles. The molecule has 0 unspecified atom stereocenters. The molecule has 0 aromatic heterocycles. The second-order valence-corrected chi connectivity index (χ2v) is 4.69. The SMILES string of the molecule is O=C(NC(=O)C(=O)Cc1ccccc1)NC(=O)c1ccccc1. The van der Waals surface area contributed by atoms with Crippen LogP contribution in [0.15, 0.2) is 60.7 Å². The quantitative estimate of drug-likeness (QED) is 0.836. The minimum absolute atomic E-state index is 0.118. The number of imide groups is 2. The van der Waals surface area contributed by atoms with Gasteiger partial charge in [-0.2, -0.15) is 0 Å². The van der Waals surface area contributed by atoms with Crippen molar-refractivity contribution in [3.8, 4) is 0 Å². The van der Waals surface area contributed by atoms with Crippen LogP contribution in [0.4, 0.5) is 4.79 Å². The highest BCUT2D eigenvalue weighted by Crippen LogP contribution is 2.00. The Labute approximate surface area is 132 Å². The zero-order chi connectivity index (χ0) is 16.7. The normalized spacial score (nSPS) is 9.74. The minimum atomic E-state index is -1.06. The van der Waals surface area contributed by atoms with Crippen molar-refractivity contribution >= 4 is 23.6 Å². The van der Waals surface area contributed by atoms with Gasteiger partial charge in [0, 0.05) is 12.0 Å². The molecule has 6 heteroatoms. The van der Waals surface area contributed by atoms with E-state index >= 15 is 0 Å². The predicted molar refractivity (Wildman–Crippen MR) is 82.6 cm³/mol. The molecule has 0 heterocycles. The molecule has 2 aromatic rings. The molecule has 0 fully saturated rings. The highest BCUT2D eigenvalue weighted by Gasteiger charge is 2.18. The summed E-state index contributed by atoms with van der Waals surface area (Å²) in [5, 5.41) is 3.83. The van der Waals surface area contributed by atoms with Crippen LogP contribution in [0.3, 0.4) is 0 Å². The molecule has 116 valence electrons. The van der Waals surface area contributed by atoms with Crippen molar-refractivity contribution in [2.75, 3.05) is 0 Å². The van der Waals surface area contributed by atoms with Crippen LogP contribution in [0, 0.1) is 0 Å². The average molecular weight is 310 g/mol. The number of rotatable bonds is 4. The average Bonchev–Trinajstić information content (AvgIpc) is 2.56. The van der Waals surface area contributed by atoms with E-state index < -0.39 is 23.6 Å². The molecule has 23 heavy (non-hydrogen) atoms. The summed E-state index contributed by atoms with van der Waals surface area (Å²) in [4.78, 5) is 46.7. The fraction of sp³-hybridized carbons (Fsp3) is 0.0588. The molecule has 0 atom stereocenters. The van der Waals surface area contributed by atoms with E-state index in [9.17, 15) is 19.2 Å². The predicted octanol–water partition coefficient (Wildman–Crippen LogP) is 1.46. The third-order valence-electron chi connectivity index (χ3n) is 2.95. The molecule has 0 spiro atoms. The van der Waals surface area contributed by atoms with E-state index in [4.69, 9.17) is 0 Å². The molecule has 2 rings (SSSR count). The van der Waals surface area contributed by atoms with E-state index in [0.29, 0.717) is 5.56 Å². The first kappa shape index (κ1) is 16.1. The first-order valence-electron chi connectivity index (χ1n) is 6.84. The van der Waals surface area contributed by atoms with Gasteiger partial charge >= 0.3 is 6.03 Å². The van der Waals surface area contributed by atoms with Crippen LogP contribution in [0.2, 0.25) is 0 Å². The van der Waals surface area contributed by atoms with Gasteiger partial charge in [-0.15, -0.1) is 0 Å². The van der Waals surface area contributed by atoms with Crippen molar-refractivity contribution in [3.05, 3.63) is 71.8 Å². The lowest BCUT2D eigenvalue weighted by Crippen LogP contribution is -2.45. The van der Waals surface area contributed by atoms with Crippen LogP contribution in [0.5, 0.6) is 0 Å². The fourth-order valence-corrected chi connectivity index (χ4v) is 1.83. The Hall–Kier alpha value is -3.28. The molecule has 2 aromatic carbocycles. The van der Waals surface area contributed by atoms with E-state index in [1.165, 1.54) is 12.1 Å². The molecule has 0 bridgehead atoms. The second kappa shape index (κ2) is 7.65. The van der Waals surface area contributed by atoms with Gasteiger partial charge in [-0.1, -0.05) is 48.5 Å². The largest absolute Gasteiger partial charge is 0.328 e. The van der Waals surface area contributed by atoms with Crippen molar-refractivity contribution in [2.45, 2.75) is 6.42 Å². The van der Waals surface area contributed by atoms with Crippen LogP contribution in [-0.4, -0.2) is 23.6 Å². The lowest BCUT2D eigenvalue weighted by Gasteiger charge is -2.05. The highest BCUT2D eigenvalue weighted by molar-refractivity contribution is 6.39. The molecule has 4 amide bonds. The Kier molecular flexibility index (Phi) is 5.35. The topological polar surface area (TPSA) is 92.3 Å². The first-order valence-corrected chi connectivity index (χ1v) is 6.84. The maximum atomic E-state index is 11.7. The zero-order valence-electron chi connectivity index (χ0n) is 12.1. The summed E-state index contributed by atoms with van der Waals surface area (Å²) in [6, 6.07) is 15.7. The number of hydrogen-bond acceptors (Lipinski definition) is 4. The van der Waals surface area contributed by atoms with Gasteiger partial charge in [0.25, 0.3) is 11.8 Å². The molecule has 0 aliphatic heterocycles. The first-order chi connectivity index (χ1) is 11.1. The minimum Gasteiger partial charge on any atom is -0.288 e. The number of amides is 4. The maximum Gasteiger partial charge on any atom is 0.328 e. The third-order valence-corrected chi connectivity index (χ3v) is 2.95. The van der Waals surface area contributed by atoms with Gasteiger partial charge in [-0.3, -0.25) is 25.0 Å². The van der Waals surface area contributed by atoms with Gasteiger partial charge in [-0.25, -0.2) is 4.79 Å². The summed E-state index contributed by atoms with van der Waals surface area (Å²) in [6.07, 6.45) is -0.118. The molecule has 6 nitrogen and oxygen atoms in total. The van der Waals surface area contributed by atoms with Crippen LogP contribution in [0.25, 0.3) is 0 Å². The van der Waals surface area contributed by atoms with Crippen LogP contribution in [-0.2, 0) is 16.0 Å². The number of carbonyl (C=O) groups is 4. The number of benzene rings is 2. The third kappa shape index (κ3) is 4.89. The number of nitrogens with one attached hydrogen (secondary N) is 2. The summed E-state index contributed by atoms with van der Waals surface area (Å²) >= 11 is 0. The van der Waals surface area contributed by atoms with Gasteiger partial charge in [-0.05, 0) is 17.7 Å². The summed E-state index contributed by atoms with van der Waals surface area (Å²) in [7, 11) is 0. The lowest BCUT2D eigenvalue weighted by atomic mass is 10.1. The number of Topliss-reactive ketones (excluding diaryl/α,β-unsaturated/α-hetero) is 1. The van der Waals surface area contributed by atoms with Crippen molar-refractivity contribution in [1.29, 1.82) is 0 Å². The van der Waals surface area contributed by atoms with Crippen LogP contribution >= 0.6 is 0 Å². The standard InChI is InChI=1S/C17H14N2O4/c20-14(11-12-7-3-1-4-8-12)16(22)19-17(23)18-15(21)13-9-5-2-6-10-13/h1-10H,11H2,(H2,18,19,21,22,23). The van der Waals surface area contributed by atoms with Crippen molar-refractivity contribution < 1.29 is 19.2 Å². The van der Waals surface area contributed by atoms with E-state index in [1.54, 1.807) is 48.5 Å². The van der Waals surface area contributed by atoms with E-state index in [2.05, 4.69) is 0 Å². The molecule has 2 N–H and O–H groups in total. The maximum absolute atomic E-state index is 11.7. The van der Waals surface area contributed by atoms with Gasteiger partial charge in [0.05, 0.1) is 0 Å². The van der Waals surface area contributed by atoms with Gasteiger partial charge in [0.2, 0.25) is 5.78 Å².